The molecule has 0 spiro atoms. The zero-order valence-corrected chi connectivity index (χ0v) is 18.7. The lowest BCUT2D eigenvalue weighted by Crippen LogP contribution is -2.18. The Morgan fingerprint density at radius 3 is 1.93 bits per heavy atom. The van der Waals surface area contributed by atoms with Gasteiger partial charge in [-0.2, -0.15) is 5.10 Å². The zero-order valence-electron chi connectivity index (χ0n) is 18.7. The van der Waals surface area contributed by atoms with Gasteiger partial charge in [-0.05, 0) is 49.4 Å². The third kappa shape index (κ3) is 6.24. The molecule has 0 heterocycles. The van der Waals surface area contributed by atoms with Crippen LogP contribution in [0.2, 0.25) is 0 Å². The lowest BCUT2D eigenvalue weighted by atomic mass is 9.87. The molecule has 1 N–H and O–H groups in total. The molecule has 0 unspecified atom stereocenters. The largest absolute Gasteiger partial charge is 0.490 e. The number of hydrogen-bond donors (Lipinski definition) is 1. The Labute approximate surface area is 179 Å². The highest BCUT2D eigenvalue weighted by molar-refractivity contribution is 5.96. The summed E-state index contributed by atoms with van der Waals surface area (Å²) in [6.07, 6.45) is 1.62. The molecule has 0 saturated heterocycles. The number of benzene rings is 2. The molecule has 0 aliphatic carbocycles. The molecule has 2 aromatic carbocycles. The first kappa shape index (κ1) is 23.3. The number of carbonyl (C=O) groups is 1. The average molecular weight is 413 g/mol. The fourth-order valence-electron chi connectivity index (χ4n) is 2.82. The summed E-state index contributed by atoms with van der Waals surface area (Å²) in [7, 11) is 0. The lowest BCUT2D eigenvalue weighted by Gasteiger charge is -2.18. The molecule has 162 valence electrons. The minimum absolute atomic E-state index is 0.0913. The minimum atomic E-state index is -0.359. The van der Waals surface area contributed by atoms with E-state index in [4.69, 9.17) is 14.2 Å². The van der Waals surface area contributed by atoms with Gasteiger partial charge >= 0.3 is 0 Å². The van der Waals surface area contributed by atoms with Crippen LogP contribution in [0.15, 0.2) is 41.5 Å². The van der Waals surface area contributed by atoms with Crippen LogP contribution < -0.4 is 19.6 Å². The second kappa shape index (κ2) is 10.7. The van der Waals surface area contributed by atoms with Crippen LogP contribution >= 0.6 is 0 Å². The van der Waals surface area contributed by atoms with Crippen LogP contribution in [-0.2, 0) is 5.41 Å². The van der Waals surface area contributed by atoms with Crippen molar-refractivity contribution in [3.63, 3.8) is 0 Å². The lowest BCUT2D eigenvalue weighted by molar-refractivity contribution is 0.0954. The molecule has 0 aliphatic heterocycles. The Kier molecular flexibility index (Phi) is 8.27. The number of nitrogens with one attached hydrogen (secondary N) is 1. The van der Waals surface area contributed by atoms with E-state index in [-0.39, 0.29) is 11.3 Å². The molecule has 2 rings (SSSR count). The van der Waals surface area contributed by atoms with E-state index in [0.717, 1.165) is 5.56 Å². The van der Waals surface area contributed by atoms with Crippen molar-refractivity contribution in [2.75, 3.05) is 19.8 Å². The minimum Gasteiger partial charge on any atom is -0.490 e. The van der Waals surface area contributed by atoms with Crippen LogP contribution in [0.1, 0.15) is 63.0 Å². The Bertz CT molecular complexity index is 841. The van der Waals surface area contributed by atoms with E-state index in [0.29, 0.717) is 42.6 Å². The third-order valence-electron chi connectivity index (χ3n) is 4.33. The van der Waals surface area contributed by atoms with Crippen molar-refractivity contribution in [3.05, 3.63) is 53.1 Å². The van der Waals surface area contributed by atoms with Gasteiger partial charge in [0.05, 0.1) is 26.0 Å². The van der Waals surface area contributed by atoms with Crippen LogP contribution in [-0.4, -0.2) is 31.9 Å². The summed E-state index contributed by atoms with van der Waals surface area (Å²) >= 11 is 0. The fourth-order valence-corrected chi connectivity index (χ4v) is 2.82. The summed E-state index contributed by atoms with van der Waals surface area (Å²) < 4.78 is 17.0. The monoisotopic (exact) mass is 412 g/mol. The van der Waals surface area contributed by atoms with Crippen molar-refractivity contribution in [3.8, 4) is 17.2 Å². The van der Waals surface area contributed by atoms with Gasteiger partial charge in [0.15, 0.2) is 11.5 Å². The summed E-state index contributed by atoms with van der Waals surface area (Å²) in [6, 6.07) is 11.4. The van der Waals surface area contributed by atoms with Crippen molar-refractivity contribution >= 4 is 12.1 Å². The highest BCUT2D eigenvalue weighted by Crippen LogP contribution is 2.39. The number of rotatable bonds is 9. The Morgan fingerprint density at radius 1 is 0.933 bits per heavy atom. The molecule has 6 nitrogen and oxygen atoms in total. The van der Waals surface area contributed by atoms with Crippen molar-refractivity contribution < 1.29 is 19.0 Å². The molecule has 1 amide bonds. The highest BCUT2D eigenvalue weighted by atomic mass is 16.5. The van der Waals surface area contributed by atoms with E-state index >= 15 is 0 Å². The van der Waals surface area contributed by atoms with Crippen LogP contribution in [0.4, 0.5) is 0 Å². The molecular formula is C24H32N2O4. The molecule has 0 fully saturated rings. The maximum Gasteiger partial charge on any atom is 0.271 e. The number of hydrogen-bond acceptors (Lipinski definition) is 5. The van der Waals surface area contributed by atoms with Gasteiger partial charge in [0, 0.05) is 5.56 Å². The molecule has 0 bridgehead atoms. The molecule has 0 aromatic heterocycles. The van der Waals surface area contributed by atoms with Gasteiger partial charge in [-0.25, -0.2) is 5.43 Å². The van der Waals surface area contributed by atoms with E-state index in [2.05, 4.69) is 43.4 Å². The zero-order chi connectivity index (χ0) is 22.1. The van der Waals surface area contributed by atoms with Gasteiger partial charge in [-0.15, -0.1) is 0 Å². The Balaban J connectivity index is 2.18. The molecule has 2 aromatic rings. The first-order valence-corrected chi connectivity index (χ1v) is 10.3. The maximum atomic E-state index is 12.6. The van der Waals surface area contributed by atoms with Gasteiger partial charge in [-0.3, -0.25) is 4.79 Å². The predicted octanol–water partition coefficient (Wildman–Crippen LogP) is 4.94. The second-order valence-electron chi connectivity index (χ2n) is 7.67. The van der Waals surface area contributed by atoms with Gasteiger partial charge in [0.1, 0.15) is 0 Å². The second-order valence-corrected chi connectivity index (χ2v) is 7.67. The van der Waals surface area contributed by atoms with Crippen molar-refractivity contribution in [2.45, 2.75) is 47.0 Å². The molecule has 6 heteroatoms. The summed E-state index contributed by atoms with van der Waals surface area (Å²) in [5.74, 6) is 1.08. The fraction of sp³-hybridized carbons (Fsp3) is 0.417. The molecular weight excluding hydrogens is 380 g/mol. The quantitative estimate of drug-likeness (QED) is 0.468. The first-order valence-electron chi connectivity index (χ1n) is 10.3. The van der Waals surface area contributed by atoms with Gasteiger partial charge in [0.2, 0.25) is 5.75 Å². The van der Waals surface area contributed by atoms with Crippen LogP contribution in [0.25, 0.3) is 0 Å². The number of carbonyl (C=O) groups excluding carboxylic acids is 1. The molecule has 0 saturated carbocycles. The smallest absolute Gasteiger partial charge is 0.271 e. The van der Waals surface area contributed by atoms with Gasteiger partial charge in [0.25, 0.3) is 5.91 Å². The Hall–Kier alpha value is -3.02. The number of nitrogens with zero attached hydrogens (tertiary/aromatic N) is 1. The van der Waals surface area contributed by atoms with E-state index in [9.17, 15) is 4.79 Å². The van der Waals surface area contributed by atoms with Gasteiger partial charge in [-0.1, -0.05) is 45.0 Å². The van der Waals surface area contributed by atoms with Crippen LogP contribution in [0.3, 0.4) is 0 Å². The number of hydrazone groups is 1. The van der Waals surface area contributed by atoms with E-state index < -0.39 is 0 Å². The standard InChI is InChI=1S/C24H32N2O4/c1-7-28-20-14-18(15-21(29-8-2)22(20)30-9-3)23(27)26-25-16-17-10-12-19(13-11-17)24(4,5)6/h10-16H,7-9H2,1-6H3,(H,26,27)/b25-16+. The topological polar surface area (TPSA) is 69.2 Å². The van der Waals surface area contributed by atoms with Crippen molar-refractivity contribution in [1.29, 1.82) is 0 Å². The Morgan fingerprint density at radius 2 is 1.47 bits per heavy atom. The predicted molar refractivity (Wildman–Crippen MR) is 120 cm³/mol. The van der Waals surface area contributed by atoms with Crippen molar-refractivity contribution in [2.24, 2.45) is 5.10 Å². The molecule has 0 aliphatic rings. The molecule has 30 heavy (non-hydrogen) atoms. The maximum absolute atomic E-state index is 12.6. The SMILES string of the molecule is CCOc1cc(C(=O)N/N=C/c2ccc(C(C)(C)C)cc2)cc(OCC)c1OCC. The average Bonchev–Trinajstić information content (AvgIpc) is 2.70. The third-order valence-corrected chi connectivity index (χ3v) is 4.33. The molecule has 0 atom stereocenters. The highest BCUT2D eigenvalue weighted by Gasteiger charge is 2.18. The summed E-state index contributed by atoms with van der Waals surface area (Å²) in [4.78, 5) is 12.6. The summed E-state index contributed by atoms with van der Waals surface area (Å²) in [6.45, 7) is 13.5. The van der Waals surface area contributed by atoms with Crippen LogP contribution in [0.5, 0.6) is 17.2 Å². The van der Waals surface area contributed by atoms with Crippen molar-refractivity contribution in [1.82, 2.24) is 5.43 Å². The van der Waals surface area contributed by atoms with E-state index in [1.165, 1.54) is 5.56 Å². The summed E-state index contributed by atoms with van der Waals surface area (Å²) in [5, 5.41) is 4.08. The van der Waals surface area contributed by atoms with Crippen LogP contribution in [0, 0.1) is 0 Å². The molecule has 0 radical (unpaired) electrons. The van der Waals surface area contributed by atoms with Gasteiger partial charge < -0.3 is 14.2 Å². The normalized spacial score (nSPS) is 11.4. The number of ether oxygens (including phenoxy) is 3. The van der Waals surface area contributed by atoms with E-state index in [1.807, 2.05) is 32.9 Å². The first-order chi connectivity index (χ1) is 14.3. The van der Waals surface area contributed by atoms with E-state index in [1.54, 1.807) is 18.3 Å². The summed E-state index contributed by atoms with van der Waals surface area (Å²) in [5.41, 5.74) is 5.18. The number of amides is 1.